The second kappa shape index (κ2) is 8.93. The van der Waals surface area contributed by atoms with Gasteiger partial charge < -0.3 is 10.2 Å². The Morgan fingerprint density at radius 2 is 1.35 bits per heavy atom. The number of hydrogen-bond donors (Lipinski definition) is 1. The second-order valence-electron chi connectivity index (χ2n) is 6.62. The molecule has 0 aliphatic heterocycles. The molecule has 0 aliphatic carbocycles. The van der Waals surface area contributed by atoms with Gasteiger partial charge in [-0.2, -0.15) is 0 Å². The molecule has 0 saturated heterocycles. The van der Waals surface area contributed by atoms with Crippen LogP contribution in [0.2, 0.25) is 0 Å². The molecular weight excluding hydrogens is 208 g/mol. The monoisotopic (exact) mass is 242 g/mol. The molecule has 1 N–H and O–H groups in total. The van der Waals surface area contributed by atoms with Crippen LogP contribution in [-0.4, -0.2) is 37.6 Å². The van der Waals surface area contributed by atoms with Crippen LogP contribution in [0, 0.1) is 11.8 Å². The summed E-state index contributed by atoms with van der Waals surface area (Å²) in [6.45, 7) is 12.8. The van der Waals surface area contributed by atoms with E-state index in [-0.39, 0.29) is 0 Å². The molecule has 0 aromatic rings. The predicted molar refractivity (Wildman–Crippen MR) is 78.5 cm³/mol. The first-order valence-electron chi connectivity index (χ1n) is 7.22. The van der Waals surface area contributed by atoms with Gasteiger partial charge in [-0.05, 0) is 58.7 Å². The lowest BCUT2D eigenvalue weighted by Crippen LogP contribution is -2.39. The van der Waals surface area contributed by atoms with Crippen molar-refractivity contribution in [3.8, 4) is 0 Å². The van der Waals surface area contributed by atoms with Gasteiger partial charge in [-0.25, -0.2) is 0 Å². The van der Waals surface area contributed by atoms with E-state index in [2.05, 4.69) is 58.9 Å². The molecule has 0 amide bonds. The van der Waals surface area contributed by atoms with Crippen molar-refractivity contribution in [1.82, 2.24) is 10.2 Å². The minimum atomic E-state index is 0.625. The third-order valence-corrected chi connectivity index (χ3v) is 3.04. The summed E-state index contributed by atoms with van der Waals surface area (Å²) in [5.41, 5.74) is 0. The number of hydrogen-bond acceptors (Lipinski definition) is 2. The zero-order valence-electron chi connectivity index (χ0n) is 13.1. The van der Waals surface area contributed by atoms with Crippen LogP contribution in [0.5, 0.6) is 0 Å². The van der Waals surface area contributed by atoms with Gasteiger partial charge in [-0.3, -0.25) is 0 Å². The van der Waals surface area contributed by atoms with Gasteiger partial charge in [0.05, 0.1) is 0 Å². The Morgan fingerprint density at radius 3 is 1.71 bits per heavy atom. The zero-order valence-corrected chi connectivity index (χ0v) is 13.1. The van der Waals surface area contributed by atoms with Crippen LogP contribution >= 0.6 is 0 Å². The first-order valence-corrected chi connectivity index (χ1v) is 7.22. The molecule has 0 radical (unpaired) electrons. The molecule has 1 atom stereocenters. The maximum atomic E-state index is 3.81. The second-order valence-corrected chi connectivity index (χ2v) is 6.62. The lowest BCUT2D eigenvalue weighted by Gasteiger charge is -2.27. The van der Waals surface area contributed by atoms with Crippen molar-refractivity contribution in [3.05, 3.63) is 0 Å². The summed E-state index contributed by atoms with van der Waals surface area (Å²) in [6.07, 6.45) is 3.83. The minimum absolute atomic E-state index is 0.625. The minimum Gasteiger partial charge on any atom is -0.311 e. The van der Waals surface area contributed by atoms with Crippen LogP contribution in [-0.2, 0) is 0 Å². The Morgan fingerprint density at radius 1 is 0.882 bits per heavy atom. The highest BCUT2D eigenvalue weighted by atomic mass is 15.1. The summed E-state index contributed by atoms with van der Waals surface area (Å²) >= 11 is 0. The number of rotatable bonds is 9. The van der Waals surface area contributed by atoms with Crippen LogP contribution < -0.4 is 5.32 Å². The van der Waals surface area contributed by atoms with Gasteiger partial charge in [0.25, 0.3) is 0 Å². The van der Waals surface area contributed by atoms with Crippen LogP contribution in [0.4, 0.5) is 0 Å². The van der Waals surface area contributed by atoms with Crippen molar-refractivity contribution >= 4 is 0 Å². The fourth-order valence-corrected chi connectivity index (χ4v) is 2.31. The average molecular weight is 242 g/mol. The maximum Gasteiger partial charge on any atom is 0.00744 e. The normalized spacial score (nSPS) is 14.3. The average Bonchev–Trinajstić information content (AvgIpc) is 2.12. The van der Waals surface area contributed by atoms with Gasteiger partial charge in [-0.15, -0.1) is 0 Å². The number of nitrogens with one attached hydrogen (secondary N) is 1. The molecule has 104 valence electrons. The molecule has 2 nitrogen and oxygen atoms in total. The first-order chi connectivity index (χ1) is 7.81. The summed E-state index contributed by atoms with van der Waals surface area (Å²) in [5, 5.41) is 3.81. The molecule has 0 aromatic heterocycles. The number of nitrogens with zero attached hydrogens (tertiary/aromatic N) is 1. The third-order valence-electron chi connectivity index (χ3n) is 3.04. The Hall–Kier alpha value is -0.0800. The van der Waals surface area contributed by atoms with Crippen LogP contribution in [0.1, 0.15) is 53.9 Å². The molecule has 0 aliphatic rings. The molecule has 0 spiro atoms. The highest BCUT2D eigenvalue weighted by Crippen LogP contribution is 2.14. The van der Waals surface area contributed by atoms with Gasteiger partial charge in [0, 0.05) is 12.1 Å². The van der Waals surface area contributed by atoms with Gasteiger partial charge in [-0.1, -0.05) is 27.7 Å². The Bertz CT molecular complexity index is 166. The molecule has 0 aromatic carbocycles. The Kier molecular flexibility index (Phi) is 8.89. The molecule has 2 heteroatoms. The van der Waals surface area contributed by atoms with Gasteiger partial charge in [0.2, 0.25) is 0 Å². The fraction of sp³-hybridized carbons (Fsp3) is 1.00. The van der Waals surface area contributed by atoms with Crippen molar-refractivity contribution in [2.24, 2.45) is 11.8 Å². The molecule has 17 heavy (non-hydrogen) atoms. The van der Waals surface area contributed by atoms with E-state index < -0.39 is 0 Å². The standard InChI is InChI=1S/C15H34N2/c1-12(2)10-15(11-13(3)4)16-14(5)8-9-17(6)7/h12-16H,8-11H2,1-7H3. The molecule has 1 unspecified atom stereocenters. The van der Waals surface area contributed by atoms with E-state index in [1.54, 1.807) is 0 Å². The van der Waals surface area contributed by atoms with Crippen molar-refractivity contribution in [1.29, 1.82) is 0 Å². The summed E-state index contributed by atoms with van der Waals surface area (Å²) in [6, 6.07) is 1.31. The van der Waals surface area contributed by atoms with Crippen LogP contribution in [0.25, 0.3) is 0 Å². The quantitative estimate of drug-likeness (QED) is 0.667. The van der Waals surface area contributed by atoms with Crippen molar-refractivity contribution in [2.45, 2.75) is 66.0 Å². The van der Waals surface area contributed by atoms with E-state index >= 15 is 0 Å². The fourth-order valence-electron chi connectivity index (χ4n) is 2.31. The van der Waals surface area contributed by atoms with E-state index in [1.165, 1.54) is 25.8 Å². The molecule has 0 rings (SSSR count). The Labute approximate surface area is 109 Å². The van der Waals surface area contributed by atoms with Crippen LogP contribution in [0.3, 0.4) is 0 Å². The SMILES string of the molecule is CC(C)CC(CC(C)C)NC(C)CCN(C)C. The molecule has 0 fully saturated rings. The van der Waals surface area contributed by atoms with E-state index in [0.29, 0.717) is 12.1 Å². The maximum absolute atomic E-state index is 3.81. The van der Waals surface area contributed by atoms with E-state index in [0.717, 1.165) is 11.8 Å². The summed E-state index contributed by atoms with van der Waals surface area (Å²) in [7, 11) is 4.29. The first kappa shape index (κ1) is 16.9. The molecular formula is C15H34N2. The smallest absolute Gasteiger partial charge is 0.00744 e. The van der Waals surface area contributed by atoms with Crippen molar-refractivity contribution < 1.29 is 0 Å². The van der Waals surface area contributed by atoms with Gasteiger partial charge in [0.1, 0.15) is 0 Å². The lowest BCUT2D eigenvalue weighted by atomic mass is 9.95. The largest absolute Gasteiger partial charge is 0.311 e. The predicted octanol–water partition coefficient (Wildman–Crippen LogP) is 3.38. The van der Waals surface area contributed by atoms with Crippen LogP contribution in [0.15, 0.2) is 0 Å². The van der Waals surface area contributed by atoms with E-state index in [1.807, 2.05) is 0 Å². The zero-order chi connectivity index (χ0) is 13.4. The summed E-state index contributed by atoms with van der Waals surface area (Å²) in [5.74, 6) is 1.57. The summed E-state index contributed by atoms with van der Waals surface area (Å²) in [4.78, 5) is 2.26. The highest BCUT2D eigenvalue weighted by molar-refractivity contribution is 4.74. The molecule has 0 heterocycles. The van der Waals surface area contributed by atoms with E-state index in [9.17, 15) is 0 Å². The Balaban J connectivity index is 4.03. The molecule has 0 saturated carbocycles. The summed E-state index contributed by atoms with van der Waals surface area (Å²) < 4.78 is 0. The van der Waals surface area contributed by atoms with Crippen molar-refractivity contribution in [2.75, 3.05) is 20.6 Å². The van der Waals surface area contributed by atoms with E-state index in [4.69, 9.17) is 0 Å². The van der Waals surface area contributed by atoms with Crippen molar-refractivity contribution in [3.63, 3.8) is 0 Å². The lowest BCUT2D eigenvalue weighted by molar-refractivity contribution is 0.304. The van der Waals surface area contributed by atoms with Gasteiger partial charge >= 0.3 is 0 Å². The third kappa shape index (κ3) is 10.8. The highest BCUT2D eigenvalue weighted by Gasteiger charge is 2.15. The van der Waals surface area contributed by atoms with Gasteiger partial charge in [0.15, 0.2) is 0 Å². The molecule has 0 bridgehead atoms. The topological polar surface area (TPSA) is 15.3 Å².